The summed E-state index contributed by atoms with van der Waals surface area (Å²) in [4.78, 5) is 4.16. The summed E-state index contributed by atoms with van der Waals surface area (Å²) in [5, 5.41) is 3.80. The third-order valence-corrected chi connectivity index (χ3v) is 3.46. The molecule has 0 saturated heterocycles. The zero-order chi connectivity index (χ0) is 15.0. The van der Waals surface area contributed by atoms with Gasteiger partial charge in [-0.2, -0.15) is 4.98 Å². The Labute approximate surface area is 126 Å². The van der Waals surface area contributed by atoms with Gasteiger partial charge in [-0.1, -0.05) is 5.16 Å². The minimum absolute atomic E-state index is 0.0995. The Kier molecular flexibility index (Phi) is 3.42. The Bertz CT molecular complexity index is 820. The monoisotopic (exact) mass is 351 g/mol. The predicted octanol–water partition coefficient (Wildman–Crippen LogP) is 4.03. The fourth-order valence-electron chi connectivity index (χ4n) is 1.80. The molecule has 0 fully saturated rings. The molecular formula is C14H8BrF2N3O. The van der Waals surface area contributed by atoms with E-state index in [4.69, 9.17) is 10.3 Å². The van der Waals surface area contributed by atoms with Gasteiger partial charge in [0.1, 0.15) is 11.6 Å². The standard InChI is InChI=1S/C14H8BrF2N3O/c15-10-5-7(1-3-11(10)17)13-19-14(21-20-13)9-6-8(16)2-4-12(9)18/h1-6H,18H2. The number of hydrogen-bond acceptors (Lipinski definition) is 4. The average Bonchev–Trinajstić information content (AvgIpc) is 2.94. The lowest BCUT2D eigenvalue weighted by Crippen LogP contribution is -1.91. The van der Waals surface area contributed by atoms with E-state index in [-0.39, 0.29) is 16.2 Å². The second-order valence-electron chi connectivity index (χ2n) is 4.28. The molecule has 2 N–H and O–H groups in total. The molecule has 3 aromatic rings. The van der Waals surface area contributed by atoms with Gasteiger partial charge in [0.25, 0.3) is 5.89 Å². The molecule has 21 heavy (non-hydrogen) atoms. The first-order chi connectivity index (χ1) is 10.0. The van der Waals surface area contributed by atoms with Gasteiger partial charge >= 0.3 is 0 Å². The van der Waals surface area contributed by atoms with Crippen LogP contribution in [0.2, 0.25) is 0 Å². The topological polar surface area (TPSA) is 64.9 Å². The highest BCUT2D eigenvalue weighted by Crippen LogP contribution is 2.28. The molecule has 1 heterocycles. The summed E-state index contributed by atoms with van der Waals surface area (Å²) in [6.07, 6.45) is 0. The number of nitrogen functional groups attached to an aromatic ring is 1. The molecule has 0 aliphatic carbocycles. The highest BCUT2D eigenvalue weighted by molar-refractivity contribution is 9.10. The van der Waals surface area contributed by atoms with Gasteiger partial charge in [-0.25, -0.2) is 8.78 Å². The minimum Gasteiger partial charge on any atom is -0.398 e. The van der Waals surface area contributed by atoms with Crippen LogP contribution in [0.3, 0.4) is 0 Å². The van der Waals surface area contributed by atoms with Crippen LogP contribution in [0.4, 0.5) is 14.5 Å². The van der Waals surface area contributed by atoms with E-state index in [1.807, 2.05) is 0 Å². The van der Waals surface area contributed by atoms with Gasteiger partial charge in [0, 0.05) is 11.3 Å². The molecule has 1 aromatic heterocycles. The number of nitrogens with two attached hydrogens (primary N) is 1. The first kappa shape index (κ1) is 13.7. The summed E-state index contributed by atoms with van der Waals surface area (Å²) >= 11 is 3.09. The lowest BCUT2D eigenvalue weighted by atomic mass is 10.1. The van der Waals surface area contributed by atoms with Gasteiger partial charge in [-0.3, -0.25) is 0 Å². The molecule has 7 heteroatoms. The van der Waals surface area contributed by atoms with E-state index in [0.29, 0.717) is 16.8 Å². The van der Waals surface area contributed by atoms with Gasteiger partial charge in [0.15, 0.2) is 0 Å². The van der Waals surface area contributed by atoms with Crippen LogP contribution >= 0.6 is 15.9 Å². The summed E-state index contributed by atoms with van der Waals surface area (Å²) in [5.74, 6) is -0.489. The molecule has 0 amide bonds. The first-order valence-corrected chi connectivity index (χ1v) is 6.68. The van der Waals surface area contributed by atoms with Crippen molar-refractivity contribution in [3.05, 3.63) is 52.5 Å². The number of rotatable bonds is 2. The van der Waals surface area contributed by atoms with E-state index >= 15 is 0 Å². The van der Waals surface area contributed by atoms with Crippen molar-refractivity contribution in [3.8, 4) is 22.8 Å². The second kappa shape index (κ2) is 5.25. The number of aromatic nitrogens is 2. The van der Waals surface area contributed by atoms with Crippen LogP contribution in [0.1, 0.15) is 0 Å². The second-order valence-corrected chi connectivity index (χ2v) is 5.14. The van der Waals surface area contributed by atoms with Crippen LogP contribution in [0.15, 0.2) is 45.4 Å². The van der Waals surface area contributed by atoms with Gasteiger partial charge in [-0.15, -0.1) is 0 Å². The molecule has 106 valence electrons. The highest BCUT2D eigenvalue weighted by atomic mass is 79.9. The molecule has 0 unspecified atom stereocenters. The van der Waals surface area contributed by atoms with Gasteiger partial charge in [-0.05, 0) is 52.3 Å². The summed E-state index contributed by atoms with van der Waals surface area (Å²) in [6.45, 7) is 0. The molecule has 0 aliphatic heterocycles. The molecule has 0 saturated carbocycles. The molecule has 0 spiro atoms. The molecule has 0 radical (unpaired) electrons. The van der Waals surface area contributed by atoms with Crippen molar-refractivity contribution in [3.63, 3.8) is 0 Å². The fraction of sp³-hybridized carbons (Fsp3) is 0. The molecule has 0 bridgehead atoms. The molecule has 2 aromatic carbocycles. The Hall–Kier alpha value is -2.28. The lowest BCUT2D eigenvalue weighted by Gasteiger charge is -1.99. The normalized spacial score (nSPS) is 10.8. The predicted molar refractivity (Wildman–Crippen MR) is 77.2 cm³/mol. The first-order valence-electron chi connectivity index (χ1n) is 5.89. The van der Waals surface area contributed by atoms with Crippen LogP contribution in [-0.2, 0) is 0 Å². The fourth-order valence-corrected chi connectivity index (χ4v) is 2.18. The molecule has 0 atom stereocenters. The van der Waals surface area contributed by atoms with Crippen molar-refractivity contribution in [2.45, 2.75) is 0 Å². The third-order valence-electron chi connectivity index (χ3n) is 2.85. The number of halogens is 3. The SMILES string of the molecule is Nc1ccc(F)cc1-c1nc(-c2ccc(F)c(Br)c2)no1. The van der Waals surface area contributed by atoms with Crippen molar-refractivity contribution in [2.24, 2.45) is 0 Å². The number of nitrogens with zero attached hydrogens (tertiary/aromatic N) is 2. The summed E-state index contributed by atoms with van der Waals surface area (Å²) in [7, 11) is 0. The Morgan fingerprint density at radius 1 is 1.10 bits per heavy atom. The van der Waals surface area contributed by atoms with E-state index in [1.165, 1.54) is 36.4 Å². The highest BCUT2D eigenvalue weighted by Gasteiger charge is 2.14. The van der Waals surface area contributed by atoms with Crippen molar-refractivity contribution in [1.82, 2.24) is 10.1 Å². The molecule has 0 aliphatic rings. The molecule has 4 nitrogen and oxygen atoms in total. The Morgan fingerprint density at radius 2 is 1.90 bits per heavy atom. The smallest absolute Gasteiger partial charge is 0.260 e. The molecule has 3 rings (SSSR count). The van der Waals surface area contributed by atoms with E-state index in [9.17, 15) is 8.78 Å². The van der Waals surface area contributed by atoms with E-state index < -0.39 is 11.6 Å². The third kappa shape index (κ3) is 2.64. The van der Waals surface area contributed by atoms with Crippen LogP contribution < -0.4 is 5.73 Å². The van der Waals surface area contributed by atoms with Crippen LogP contribution in [0, 0.1) is 11.6 Å². The Balaban J connectivity index is 2.03. The average molecular weight is 352 g/mol. The number of benzene rings is 2. The Morgan fingerprint density at radius 3 is 2.67 bits per heavy atom. The quantitative estimate of drug-likeness (QED) is 0.708. The maximum Gasteiger partial charge on any atom is 0.260 e. The van der Waals surface area contributed by atoms with Gasteiger partial charge in [0.05, 0.1) is 10.0 Å². The summed E-state index contributed by atoms with van der Waals surface area (Å²) in [5.41, 5.74) is 6.97. The summed E-state index contributed by atoms with van der Waals surface area (Å²) in [6, 6.07) is 8.21. The molecular weight excluding hydrogens is 344 g/mol. The summed E-state index contributed by atoms with van der Waals surface area (Å²) < 4.78 is 31.9. The van der Waals surface area contributed by atoms with E-state index in [1.54, 1.807) is 0 Å². The number of hydrogen-bond donors (Lipinski definition) is 1. The van der Waals surface area contributed by atoms with Crippen molar-refractivity contribution in [1.29, 1.82) is 0 Å². The van der Waals surface area contributed by atoms with E-state index in [0.717, 1.165) is 0 Å². The van der Waals surface area contributed by atoms with Crippen molar-refractivity contribution < 1.29 is 13.3 Å². The maximum absolute atomic E-state index is 13.3. The largest absolute Gasteiger partial charge is 0.398 e. The lowest BCUT2D eigenvalue weighted by molar-refractivity contribution is 0.432. The zero-order valence-corrected chi connectivity index (χ0v) is 12.1. The van der Waals surface area contributed by atoms with E-state index in [2.05, 4.69) is 26.1 Å². The van der Waals surface area contributed by atoms with Crippen LogP contribution in [0.25, 0.3) is 22.8 Å². The van der Waals surface area contributed by atoms with Crippen molar-refractivity contribution in [2.75, 3.05) is 5.73 Å². The van der Waals surface area contributed by atoms with Crippen molar-refractivity contribution >= 4 is 21.6 Å². The van der Waals surface area contributed by atoms with Crippen LogP contribution in [0.5, 0.6) is 0 Å². The zero-order valence-electron chi connectivity index (χ0n) is 10.5. The van der Waals surface area contributed by atoms with Gasteiger partial charge in [0.2, 0.25) is 5.82 Å². The minimum atomic E-state index is -0.455. The maximum atomic E-state index is 13.3. The van der Waals surface area contributed by atoms with Crippen LogP contribution in [-0.4, -0.2) is 10.1 Å². The van der Waals surface area contributed by atoms with Gasteiger partial charge < -0.3 is 10.3 Å². The number of anilines is 1.